The standard InChI is InChI=1S/C14H16N2OS2/c1-2-18-13-6-4-3-5-12(13)16-8-11-7-10(9-19-11)14(15)17/h3-7,9,16H,2,8H2,1H3,(H2,15,17). The lowest BCUT2D eigenvalue weighted by atomic mass is 10.3. The first kappa shape index (κ1) is 14.0. The van der Waals surface area contributed by atoms with Gasteiger partial charge >= 0.3 is 0 Å². The number of benzene rings is 1. The molecule has 1 amide bonds. The fourth-order valence-electron chi connectivity index (χ4n) is 1.68. The van der Waals surface area contributed by atoms with Crippen molar-refractivity contribution in [2.75, 3.05) is 11.1 Å². The van der Waals surface area contributed by atoms with Gasteiger partial charge in [-0.2, -0.15) is 0 Å². The SMILES string of the molecule is CCSc1ccccc1NCc1cc(C(N)=O)cs1. The van der Waals surface area contributed by atoms with Gasteiger partial charge in [0.05, 0.1) is 5.56 Å². The van der Waals surface area contributed by atoms with Crippen LogP contribution in [-0.4, -0.2) is 11.7 Å². The summed E-state index contributed by atoms with van der Waals surface area (Å²) in [5.41, 5.74) is 6.95. The fraction of sp³-hybridized carbons (Fsp3) is 0.214. The van der Waals surface area contributed by atoms with Crippen LogP contribution in [0.5, 0.6) is 0 Å². The molecule has 19 heavy (non-hydrogen) atoms. The van der Waals surface area contributed by atoms with Gasteiger partial charge in [0.1, 0.15) is 0 Å². The molecule has 1 heterocycles. The van der Waals surface area contributed by atoms with Crippen LogP contribution in [0.4, 0.5) is 5.69 Å². The normalized spacial score (nSPS) is 10.4. The van der Waals surface area contributed by atoms with Gasteiger partial charge in [-0.3, -0.25) is 4.79 Å². The molecule has 0 fully saturated rings. The van der Waals surface area contributed by atoms with Crippen LogP contribution in [0, 0.1) is 0 Å². The minimum atomic E-state index is -0.371. The van der Waals surface area contributed by atoms with Crippen LogP contribution in [0.3, 0.4) is 0 Å². The van der Waals surface area contributed by atoms with E-state index in [1.807, 2.05) is 30.0 Å². The number of rotatable bonds is 6. The minimum absolute atomic E-state index is 0.371. The maximum atomic E-state index is 11.0. The molecule has 0 radical (unpaired) electrons. The van der Waals surface area contributed by atoms with Crippen LogP contribution < -0.4 is 11.1 Å². The lowest BCUT2D eigenvalue weighted by Crippen LogP contribution is -2.09. The van der Waals surface area contributed by atoms with E-state index in [0.717, 1.165) is 16.3 Å². The van der Waals surface area contributed by atoms with Crippen LogP contribution in [0.2, 0.25) is 0 Å². The van der Waals surface area contributed by atoms with E-state index in [4.69, 9.17) is 5.73 Å². The molecular formula is C14H16N2OS2. The van der Waals surface area contributed by atoms with E-state index in [1.165, 1.54) is 4.90 Å². The fourth-order valence-corrected chi connectivity index (χ4v) is 3.27. The molecular weight excluding hydrogens is 276 g/mol. The van der Waals surface area contributed by atoms with Crippen molar-refractivity contribution in [3.8, 4) is 0 Å². The Morgan fingerprint density at radius 1 is 1.42 bits per heavy atom. The van der Waals surface area contributed by atoms with Crippen molar-refractivity contribution < 1.29 is 4.79 Å². The zero-order chi connectivity index (χ0) is 13.7. The van der Waals surface area contributed by atoms with Crippen LogP contribution in [0.1, 0.15) is 22.2 Å². The van der Waals surface area contributed by atoms with E-state index < -0.39 is 0 Å². The Morgan fingerprint density at radius 2 is 2.21 bits per heavy atom. The molecule has 0 spiro atoms. The number of hydrogen-bond acceptors (Lipinski definition) is 4. The van der Waals surface area contributed by atoms with Gasteiger partial charge < -0.3 is 11.1 Å². The lowest BCUT2D eigenvalue weighted by molar-refractivity contribution is 0.100. The lowest BCUT2D eigenvalue weighted by Gasteiger charge is -2.09. The van der Waals surface area contributed by atoms with Crippen LogP contribution in [0.25, 0.3) is 0 Å². The van der Waals surface area contributed by atoms with Crippen LogP contribution in [-0.2, 0) is 6.54 Å². The van der Waals surface area contributed by atoms with Gasteiger partial charge in [-0.05, 0) is 24.0 Å². The second-order valence-electron chi connectivity index (χ2n) is 3.95. The van der Waals surface area contributed by atoms with Crippen molar-refractivity contribution in [3.05, 3.63) is 46.2 Å². The summed E-state index contributed by atoms with van der Waals surface area (Å²) in [5, 5.41) is 5.20. The summed E-state index contributed by atoms with van der Waals surface area (Å²) in [4.78, 5) is 13.4. The summed E-state index contributed by atoms with van der Waals surface area (Å²) < 4.78 is 0. The van der Waals surface area contributed by atoms with Gasteiger partial charge in [0.2, 0.25) is 5.91 Å². The number of primary amides is 1. The molecule has 0 bridgehead atoms. The van der Waals surface area contributed by atoms with Crippen LogP contribution >= 0.6 is 23.1 Å². The summed E-state index contributed by atoms with van der Waals surface area (Å²) in [5.74, 6) is 0.674. The number of carbonyl (C=O) groups is 1. The zero-order valence-electron chi connectivity index (χ0n) is 10.7. The highest BCUT2D eigenvalue weighted by molar-refractivity contribution is 7.99. The molecule has 0 aliphatic heterocycles. The van der Waals surface area contributed by atoms with Crippen molar-refractivity contribution in [1.29, 1.82) is 0 Å². The smallest absolute Gasteiger partial charge is 0.249 e. The van der Waals surface area contributed by atoms with Gasteiger partial charge in [-0.1, -0.05) is 19.1 Å². The van der Waals surface area contributed by atoms with Gasteiger partial charge in [0.25, 0.3) is 0 Å². The molecule has 0 aliphatic rings. The molecule has 3 nitrogen and oxygen atoms in total. The molecule has 1 aromatic heterocycles. The Balaban J connectivity index is 2.03. The van der Waals surface area contributed by atoms with Gasteiger partial charge in [-0.15, -0.1) is 23.1 Å². The third-order valence-electron chi connectivity index (χ3n) is 2.58. The number of para-hydroxylation sites is 1. The summed E-state index contributed by atoms with van der Waals surface area (Å²) in [7, 11) is 0. The Bertz CT molecular complexity index is 566. The summed E-state index contributed by atoms with van der Waals surface area (Å²) in [6, 6.07) is 10.1. The molecule has 0 aliphatic carbocycles. The molecule has 0 saturated heterocycles. The first-order chi connectivity index (χ1) is 9.20. The third kappa shape index (κ3) is 3.75. The molecule has 3 N–H and O–H groups in total. The number of nitrogens with one attached hydrogen (secondary N) is 1. The van der Waals surface area contributed by atoms with Gasteiger partial charge in [-0.25, -0.2) is 0 Å². The average molecular weight is 292 g/mol. The van der Waals surface area contributed by atoms with Crippen molar-refractivity contribution in [2.24, 2.45) is 5.73 Å². The van der Waals surface area contributed by atoms with E-state index in [2.05, 4.69) is 24.4 Å². The van der Waals surface area contributed by atoms with Crippen LogP contribution in [0.15, 0.2) is 40.6 Å². The minimum Gasteiger partial charge on any atom is -0.379 e. The number of carbonyl (C=O) groups excluding carboxylic acids is 1. The summed E-state index contributed by atoms with van der Waals surface area (Å²) in [6.45, 7) is 2.85. The average Bonchev–Trinajstić information content (AvgIpc) is 2.87. The molecule has 0 saturated carbocycles. The summed E-state index contributed by atoms with van der Waals surface area (Å²) >= 11 is 3.36. The molecule has 2 aromatic rings. The molecule has 1 aromatic carbocycles. The Labute approximate surface area is 121 Å². The monoisotopic (exact) mass is 292 g/mol. The maximum absolute atomic E-state index is 11.0. The van der Waals surface area contributed by atoms with Crippen molar-refractivity contribution >= 4 is 34.7 Å². The highest BCUT2D eigenvalue weighted by Gasteiger charge is 2.06. The van der Waals surface area contributed by atoms with E-state index in [9.17, 15) is 4.79 Å². The Morgan fingerprint density at radius 3 is 2.89 bits per heavy atom. The maximum Gasteiger partial charge on any atom is 0.249 e. The topological polar surface area (TPSA) is 55.1 Å². The highest BCUT2D eigenvalue weighted by Crippen LogP contribution is 2.27. The number of thioether (sulfide) groups is 1. The van der Waals surface area contributed by atoms with Gasteiger partial charge in [0.15, 0.2) is 0 Å². The molecule has 100 valence electrons. The number of nitrogens with two attached hydrogens (primary N) is 1. The molecule has 5 heteroatoms. The molecule has 0 unspecified atom stereocenters. The Kier molecular flexibility index (Phi) is 4.87. The number of anilines is 1. The predicted molar refractivity (Wildman–Crippen MR) is 83.0 cm³/mol. The van der Waals surface area contributed by atoms with Crippen molar-refractivity contribution in [3.63, 3.8) is 0 Å². The van der Waals surface area contributed by atoms with Gasteiger partial charge in [0, 0.05) is 27.4 Å². The van der Waals surface area contributed by atoms with Crippen molar-refractivity contribution in [1.82, 2.24) is 0 Å². The first-order valence-electron chi connectivity index (χ1n) is 6.03. The number of hydrogen-bond donors (Lipinski definition) is 2. The number of thiophene rings is 1. The molecule has 2 rings (SSSR count). The van der Waals surface area contributed by atoms with E-state index in [-0.39, 0.29) is 5.91 Å². The second kappa shape index (κ2) is 6.63. The largest absolute Gasteiger partial charge is 0.379 e. The van der Waals surface area contributed by atoms with E-state index in [1.54, 1.807) is 16.7 Å². The predicted octanol–water partition coefficient (Wildman–Crippen LogP) is 3.57. The number of amides is 1. The zero-order valence-corrected chi connectivity index (χ0v) is 12.3. The third-order valence-corrected chi connectivity index (χ3v) is 4.47. The van der Waals surface area contributed by atoms with E-state index in [0.29, 0.717) is 12.1 Å². The molecule has 0 atom stereocenters. The highest BCUT2D eigenvalue weighted by atomic mass is 32.2. The van der Waals surface area contributed by atoms with E-state index >= 15 is 0 Å². The van der Waals surface area contributed by atoms with Crippen molar-refractivity contribution in [2.45, 2.75) is 18.4 Å². The summed E-state index contributed by atoms with van der Waals surface area (Å²) in [6.07, 6.45) is 0. The Hall–Kier alpha value is -1.46. The quantitative estimate of drug-likeness (QED) is 0.800. The second-order valence-corrected chi connectivity index (χ2v) is 6.25. The first-order valence-corrected chi connectivity index (χ1v) is 7.90.